The quantitative estimate of drug-likeness (QED) is 0.607. The molecule has 0 aromatic carbocycles. The van der Waals surface area contributed by atoms with E-state index in [1.807, 2.05) is 0 Å². The highest BCUT2D eigenvalue weighted by Gasteiger charge is 2.11. The Kier molecular flexibility index (Phi) is 4.28. The van der Waals surface area contributed by atoms with Crippen LogP contribution in [0.2, 0.25) is 0 Å². The molecule has 1 aromatic rings. The van der Waals surface area contributed by atoms with Crippen molar-refractivity contribution < 1.29 is 8.42 Å². The zero-order valence-corrected chi connectivity index (χ0v) is 9.21. The second-order valence-corrected chi connectivity index (χ2v) is 4.53. The fourth-order valence-corrected chi connectivity index (χ4v) is 1.96. The van der Waals surface area contributed by atoms with E-state index < -0.39 is 10.0 Å². The minimum atomic E-state index is -3.42. The van der Waals surface area contributed by atoms with E-state index in [4.69, 9.17) is 0 Å². The first-order valence-corrected chi connectivity index (χ1v) is 5.94. The molecule has 80 valence electrons. The molecule has 0 aliphatic carbocycles. The zero-order valence-electron chi connectivity index (χ0n) is 8.40. The van der Waals surface area contributed by atoms with Gasteiger partial charge in [-0.15, -0.1) is 11.8 Å². The highest BCUT2D eigenvalue weighted by atomic mass is 32.2. The van der Waals surface area contributed by atoms with E-state index in [2.05, 4.69) is 21.5 Å². The van der Waals surface area contributed by atoms with Gasteiger partial charge in [0.1, 0.15) is 4.90 Å². The number of hydrogen-bond acceptors (Lipinski definition) is 3. The van der Waals surface area contributed by atoms with E-state index in [0.717, 1.165) is 0 Å². The van der Waals surface area contributed by atoms with Crippen molar-refractivity contribution in [1.29, 1.82) is 0 Å². The molecule has 1 rings (SSSR count). The van der Waals surface area contributed by atoms with Crippen molar-refractivity contribution in [3.05, 3.63) is 24.5 Å². The van der Waals surface area contributed by atoms with Crippen molar-refractivity contribution in [2.24, 2.45) is 0 Å². The van der Waals surface area contributed by atoms with Gasteiger partial charge in [-0.1, -0.05) is 0 Å². The van der Waals surface area contributed by atoms with Crippen LogP contribution in [-0.4, -0.2) is 19.9 Å². The molecule has 4 nitrogen and oxygen atoms in total. The van der Waals surface area contributed by atoms with Crippen LogP contribution >= 0.6 is 0 Å². The number of sulfonamides is 1. The maximum absolute atomic E-state index is 11.6. The van der Waals surface area contributed by atoms with Gasteiger partial charge < -0.3 is 0 Å². The summed E-state index contributed by atoms with van der Waals surface area (Å²) in [6, 6.07) is 3.08. The fraction of sp³-hybridized carbons (Fsp3) is 0.300. The zero-order chi connectivity index (χ0) is 11.1. The fourth-order valence-electron chi connectivity index (χ4n) is 0.962. The van der Waals surface area contributed by atoms with Gasteiger partial charge in [0.15, 0.2) is 0 Å². The van der Waals surface area contributed by atoms with E-state index in [-0.39, 0.29) is 4.90 Å². The molecule has 0 radical (unpaired) electrons. The minimum Gasteiger partial charge on any atom is -0.263 e. The Morgan fingerprint density at radius 3 is 2.93 bits per heavy atom. The molecule has 0 unspecified atom stereocenters. The summed E-state index contributed by atoms with van der Waals surface area (Å²) in [5.74, 6) is 5.48. The summed E-state index contributed by atoms with van der Waals surface area (Å²) in [7, 11) is -3.42. The van der Waals surface area contributed by atoms with E-state index >= 15 is 0 Å². The van der Waals surface area contributed by atoms with Crippen molar-refractivity contribution >= 4 is 10.0 Å². The monoisotopic (exact) mass is 224 g/mol. The molecule has 1 N–H and O–H groups in total. The Morgan fingerprint density at radius 1 is 1.53 bits per heavy atom. The van der Waals surface area contributed by atoms with Gasteiger partial charge in [-0.2, -0.15) is 0 Å². The molecule has 0 bridgehead atoms. The number of nitrogens with zero attached hydrogens (tertiary/aromatic N) is 1. The SMILES string of the molecule is CC#CCCNS(=O)(=O)c1cccnc1. The molecular formula is C10H12N2O2S. The summed E-state index contributed by atoms with van der Waals surface area (Å²) in [4.78, 5) is 3.92. The lowest BCUT2D eigenvalue weighted by atomic mass is 10.4. The molecule has 0 amide bonds. The molecule has 0 fully saturated rings. The van der Waals surface area contributed by atoms with E-state index in [0.29, 0.717) is 13.0 Å². The molecule has 0 saturated carbocycles. The number of aromatic nitrogens is 1. The van der Waals surface area contributed by atoms with Crippen LogP contribution in [0.1, 0.15) is 13.3 Å². The Balaban J connectivity index is 2.63. The standard InChI is InChI=1S/C10H12N2O2S/c1-2-3-4-8-12-15(13,14)10-6-5-7-11-9-10/h5-7,9,12H,4,8H2,1H3. The van der Waals surface area contributed by atoms with Crippen molar-refractivity contribution in [2.75, 3.05) is 6.54 Å². The molecule has 1 heterocycles. The van der Waals surface area contributed by atoms with Gasteiger partial charge in [0, 0.05) is 25.4 Å². The van der Waals surface area contributed by atoms with Crippen molar-refractivity contribution in [3.8, 4) is 11.8 Å². The molecule has 0 saturated heterocycles. The lowest BCUT2D eigenvalue weighted by Crippen LogP contribution is -2.24. The smallest absolute Gasteiger partial charge is 0.242 e. The summed E-state index contributed by atoms with van der Waals surface area (Å²) in [6.45, 7) is 2.04. The first-order valence-electron chi connectivity index (χ1n) is 4.46. The van der Waals surface area contributed by atoms with Gasteiger partial charge in [0.05, 0.1) is 0 Å². The maximum Gasteiger partial charge on any atom is 0.242 e. The minimum absolute atomic E-state index is 0.175. The summed E-state index contributed by atoms with van der Waals surface area (Å²) < 4.78 is 25.6. The van der Waals surface area contributed by atoms with Crippen molar-refractivity contribution in [3.63, 3.8) is 0 Å². The predicted molar refractivity (Wildman–Crippen MR) is 57.5 cm³/mol. The lowest BCUT2D eigenvalue weighted by molar-refractivity contribution is 0.582. The van der Waals surface area contributed by atoms with Crippen LogP contribution in [0, 0.1) is 11.8 Å². The molecule has 1 aromatic heterocycles. The van der Waals surface area contributed by atoms with Gasteiger partial charge in [-0.05, 0) is 19.1 Å². The third kappa shape index (κ3) is 3.70. The van der Waals surface area contributed by atoms with Crippen LogP contribution in [0.25, 0.3) is 0 Å². The number of pyridine rings is 1. The average Bonchev–Trinajstić information content (AvgIpc) is 2.26. The second kappa shape index (κ2) is 5.49. The van der Waals surface area contributed by atoms with Gasteiger partial charge in [-0.3, -0.25) is 4.98 Å². The number of hydrogen-bond donors (Lipinski definition) is 1. The van der Waals surface area contributed by atoms with Crippen LogP contribution in [0.5, 0.6) is 0 Å². The Bertz CT molecular complexity index is 457. The van der Waals surface area contributed by atoms with Crippen LogP contribution < -0.4 is 4.72 Å². The summed E-state index contributed by atoms with van der Waals surface area (Å²) in [5, 5.41) is 0. The van der Waals surface area contributed by atoms with E-state index in [9.17, 15) is 8.42 Å². The maximum atomic E-state index is 11.6. The molecule has 0 aliphatic rings. The summed E-state index contributed by atoms with van der Waals surface area (Å²) >= 11 is 0. The molecule has 0 aliphatic heterocycles. The first-order chi connectivity index (χ1) is 7.17. The van der Waals surface area contributed by atoms with Crippen molar-refractivity contribution in [1.82, 2.24) is 9.71 Å². The normalized spacial score (nSPS) is 10.5. The number of rotatable bonds is 4. The first kappa shape index (κ1) is 11.7. The average molecular weight is 224 g/mol. The van der Waals surface area contributed by atoms with Crippen LogP contribution in [0.15, 0.2) is 29.4 Å². The number of nitrogens with one attached hydrogen (secondary N) is 1. The second-order valence-electron chi connectivity index (χ2n) is 2.76. The van der Waals surface area contributed by atoms with Crippen LogP contribution in [0.3, 0.4) is 0 Å². The van der Waals surface area contributed by atoms with Gasteiger partial charge in [-0.25, -0.2) is 13.1 Å². The Morgan fingerprint density at radius 2 is 2.33 bits per heavy atom. The topological polar surface area (TPSA) is 59.1 Å². The third-order valence-electron chi connectivity index (χ3n) is 1.66. The van der Waals surface area contributed by atoms with Gasteiger partial charge in [0.2, 0.25) is 10.0 Å². The Labute approximate surface area is 89.8 Å². The third-order valence-corrected chi connectivity index (χ3v) is 3.11. The Hall–Kier alpha value is -1.38. The van der Waals surface area contributed by atoms with E-state index in [1.165, 1.54) is 18.5 Å². The molecule has 15 heavy (non-hydrogen) atoms. The van der Waals surface area contributed by atoms with Gasteiger partial charge >= 0.3 is 0 Å². The molecule has 0 atom stereocenters. The molecular weight excluding hydrogens is 212 g/mol. The summed E-state index contributed by atoms with van der Waals surface area (Å²) in [6.07, 6.45) is 3.35. The van der Waals surface area contributed by atoms with E-state index in [1.54, 1.807) is 13.0 Å². The molecule has 5 heteroatoms. The summed E-state index contributed by atoms with van der Waals surface area (Å²) in [5.41, 5.74) is 0. The molecule has 0 spiro atoms. The van der Waals surface area contributed by atoms with Crippen LogP contribution in [-0.2, 0) is 10.0 Å². The highest BCUT2D eigenvalue weighted by Crippen LogP contribution is 2.04. The predicted octanol–water partition coefficient (Wildman–Crippen LogP) is 0.773. The largest absolute Gasteiger partial charge is 0.263 e. The van der Waals surface area contributed by atoms with Gasteiger partial charge in [0.25, 0.3) is 0 Å². The lowest BCUT2D eigenvalue weighted by Gasteiger charge is -2.03. The van der Waals surface area contributed by atoms with Crippen LogP contribution in [0.4, 0.5) is 0 Å². The van der Waals surface area contributed by atoms with Crippen molar-refractivity contribution in [2.45, 2.75) is 18.2 Å². The highest BCUT2D eigenvalue weighted by molar-refractivity contribution is 7.89.